The number of aryl methyl sites for hydroxylation is 2. The highest BCUT2D eigenvalue weighted by molar-refractivity contribution is 7.11. The molecule has 0 aliphatic heterocycles. The summed E-state index contributed by atoms with van der Waals surface area (Å²) in [4.78, 5) is 5.92. The fourth-order valence-electron chi connectivity index (χ4n) is 2.59. The van der Waals surface area contributed by atoms with Gasteiger partial charge in [-0.05, 0) is 45.4 Å². The Morgan fingerprint density at radius 3 is 2.75 bits per heavy atom. The monoisotopic (exact) mass is 238 g/mol. The molecule has 90 valence electrons. The normalized spacial score (nSPS) is 25.2. The molecule has 2 rings (SSSR count). The Morgan fingerprint density at radius 2 is 2.19 bits per heavy atom. The van der Waals surface area contributed by atoms with Crippen LogP contribution in [0.1, 0.15) is 41.8 Å². The summed E-state index contributed by atoms with van der Waals surface area (Å²) < 4.78 is 0. The number of rotatable bonds is 4. The molecule has 1 aromatic rings. The van der Waals surface area contributed by atoms with Crippen LogP contribution in [0, 0.1) is 19.8 Å². The number of hydrogen-bond acceptors (Lipinski definition) is 3. The second kappa shape index (κ2) is 5.28. The first-order valence-corrected chi connectivity index (χ1v) is 7.13. The van der Waals surface area contributed by atoms with Gasteiger partial charge in [-0.2, -0.15) is 0 Å². The fourth-order valence-corrected chi connectivity index (χ4v) is 3.52. The van der Waals surface area contributed by atoms with Crippen LogP contribution in [-0.2, 0) is 6.42 Å². The lowest BCUT2D eigenvalue weighted by molar-refractivity contribution is 0.506. The largest absolute Gasteiger partial charge is 0.314 e. The van der Waals surface area contributed by atoms with Gasteiger partial charge in [0.15, 0.2) is 0 Å². The molecular weight excluding hydrogens is 216 g/mol. The predicted octanol–water partition coefficient (Wildman–Crippen LogP) is 3.08. The standard InChI is InChI=1S/C13H22N2S/c1-9-4-5-12(8-9)14-7-6-13-10(2)15-11(3)16-13/h9,12,14H,4-8H2,1-3H3. The first-order valence-electron chi connectivity index (χ1n) is 6.31. The zero-order chi connectivity index (χ0) is 11.5. The lowest BCUT2D eigenvalue weighted by Gasteiger charge is -2.11. The highest BCUT2D eigenvalue weighted by atomic mass is 32.1. The Bertz CT molecular complexity index is 346. The lowest BCUT2D eigenvalue weighted by atomic mass is 10.1. The van der Waals surface area contributed by atoms with Gasteiger partial charge < -0.3 is 5.32 Å². The number of aromatic nitrogens is 1. The first kappa shape index (κ1) is 12.1. The van der Waals surface area contributed by atoms with Gasteiger partial charge in [0.25, 0.3) is 0 Å². The summed E-state index contributed by atoms with van der Waals surface area (Å²) in [6, 6.07) is 0.768. The van der Waals surface area contributed by atoms with Crippen molar-refractivity contribution in [2.45, 2.75) is 52.5 Å². The van der Waals surface area contributed by atoms with Gasteiger partial charge in [-0.1, -0.05) is 6.92 Å². The lowest BCUT2D eigenvalue weighted by Crippen LogP contribution is -2.28. The van der Waals surface area contributed by atoms with Crippen LogP contribution in [0.4, 0.5) is 0 Å². The van der Waals surface area contributed by atoms with Gasteiger partial charge in [-0.25, -0.2) is 4.98 Å². The highest BCUT2D eigenvalue weighted by Gasteiger charge is 2.20. The van der Waals surface area contributed by atoms with Gasteiger partial charge >= 0.3 is 0 Å². The molecule has 1 fully saturated rings. The van der Waals surface area contributed by atoms with E-state index in [-0.39, 0.29) is 0 Å². The maximum atomic E-state index is 4.46. The highest BCUT2D eigenvalue weighted by Crippen LogP contribution is 2.24. The molecule has 3 heteroatoms. The third kappa shape index (κ3) is 3.05. The van der Waals surface area contributed by atoms with Crippen LogP contribution in [0.25, 0.3) is 0 Å². The van der Waals surface area contributed by atoms with Crippen molar-refractivity contribution in [3.8, 4) is 0 Å². The van der Waals surface area contributed by atoms with Crippen LogP contribution in [0.3, 0.4) is 0 Å². The van der Waals surface area contributed by atoms with E-state index in [4.69, 9.17) is 0 Å². The number of nitrogens with zero attached hydrogens (tertiary/aromatic N) is 1. The third-order valence-electron chi connectivity index (χ3n) is 3.48. The van der Waals surface area contributed by atoms with E-state index in [2.05, 4.69) is 31.1 Å². The molecule has 16 heavy (non-hydrogen) atoms. The molecule has 1 N–H and O–H groups in total. The maximum absolute atomic E-state index is 4.46. The molecule has 1 aromatic heterocycles. The molecule has 1 aliphatic carbocycles. The average Bonchev–Trinajstić information content (AvgIpc) is 2.74. The van der Waals surface area contributed by atoms with Crippen LogP contribution in [0.2, 0.25) is 0 Å². The minimum Gasteiger partial charge on any atom is -0.314 e. The van der Waals surface area contributed by atoms with Gasteiger partial charge in [0, 0.05) is 17.5 Å². The Morgan fingerprint density at radius 1 is 1.38 bits per heavy atom. The molecule has 2 nitrogen and oxygen atoms in total. The van der Waals surface area contributed by atoms with E-state index in [0.29, 0.717) is 0 Å². The maximum Gasteiger partial charge on any atom is 0.0900 e. The molecule has 2 unspecified atom stereocenters. The summed E-state index contributed by atoms with van der Waals surface area (Å²) >= 11 is 1.85. The molecular formula is C13H22N2S. The molecule has 0 bridgehead atoms. The van der Waals surface area contributed by atoms with Crippen molar-refractivity contribution in [2.75, 3.05) is 6.54 Å². The first-order chi connectivity index (χ1) is 7.65. The summed E-state index contributed by atoms with van der Waals surface area (Å²) in [6.07, 6.45) is 5.27. The molecule has 1 aliphatic rings. The molecule has 0 spiro atoms. The van der Waals surface area contributed by atoms with E-state index in [1.807, 2.05) is 11.3 Å². The van der Waals surface area contributed by atoms with Crippen LogP contribution in [-0.4, -0.2) is 17.6 Å². The molecule has 2 atom stereocenters. The van der Waals surface area contributed by atoms with Crippen LogP contribution in [0.15, 0.2) is 0 Å². The summed E-state index contributed by atoms with van der Waals surface area (Å²) in [5, 5.41) is 4.87. The fraction of sp³-hybridized carbons (Fsp3) is 0.769. The van der Waals surface area contributed by atoms with Gasteiger partial charge in [-0.3, -0.25) is 0 Å². The van der Waals surface area contributed by atoms with Crippen molar-refractivity contribution in [2.24, 2.45) is 5.92 Å². The Hall–Kier alpha value is -0.410. The van der Waals surface area contributed by atoms with Crippen LogP contribution < -0.4 is 5.32 Å². The molecule has 1 saturated carbocycles. The second-order valence-electron chi connectivity index (χ2n) is 5.06. The van der Waals surface area contributed by atoms with E-state index >= 15 is 0 Å². The summed E-state index contributed by atoms with van der Waals surface area (Å²) in [7, 11) is 0. The van der Waals surface area contributed by atoms with Crippen LogP contribution in [0.5, 0.6) is 0 Å². The molecule has 0 aromatic carbocycles. The Balaban J connectivity index is 1.74. The summed E-state index contributed by atoms with van der Waals surface area (Å²) in [5.74, 6) is 0.921. The van der Waals surface area contributed by atoms with Crippen molar-refractivity contribution in [1.29, 1.82) is 0 Å². The van der Waals surface area contributed by atoms with Crippen molar-refractivity contribution < 1.29 is 0 Å². The van der Waals surface area contributed by atoms with Gasteiger partial charge in [0.1, 0.15) is 0 Å². The number of nitrogens with one attached hydrogen (secondary N) is 1. The van der Waals surface area contributed by atoms with E-state index in [1.165, 1.54) is 34.8 Å². The SMILES string of the molecule is Cc1nc(C)c(CCNC2CCC(C)C2)s1. The predicted molar refractivity (Wildman–Crippen MR) is 70.1 cm³/mol. The van der Waals surface area contributed by atoms with Crippen molar-refractivity contribution in [3.05, 3.63) is 15.6 Å². The van der Waals surface area contributed by atoms with Gasteiger partial charge in [0.2, 0.25) is 0 Å². The van der Waals surface area contributed by atoms with E-state index < -0.39 is 0 Å². The van der Waals surface area contributed by atoms with Gasteiger partial charge in [-0.15, -0.1) is 11.3 Å². The average molecular weight is 238 g/mol. The van der Waals surface area contributed by atoms with Gasteiger partial charge in [0.05, 0.1) is 10.7 Å². The third-order valence-corrected chi connectivity index (χ3v) is 4.61. The number of thiazole rings is 1. The Labute approximate surface area is 102 Å². The second-order valence-corrected chi connectivity index (χ2v) is 6.35. The minimum absolute atomic E-state index is 0.768. The molecule has 0 radical (unpaired) electrons. The van der Waals surface area contributed by atoms with Crippen molar-refractivity contribution in [1.82, 2.24) is 10.3 Å². The Kier molecular flexibility index (Phi) is 3.98. The topological polar surface area (TPSA) is 24.9 Å². The van der Waals surface area contributed by atoms with Crippen LogP contribution >= 0.6 is 11.3 Å². The summed E-state index contributed by atoms with van der Waals surface area (Å²) in [6.45, 7) is 7.68. The quantitative estimate of drug-likeness (QED) is 0.872. The van der Waals surface area contributed by atoms with Crippen molar-refractivity contribution >= 4 is 11.3 Å². The van der Waals surface area contributed by atoms with Crippen molar-refractivity contribution in [3.63, 3.8) is 0 Å². The van der Waals surface area contributed by atoms with E-state index in [1.54, 1.807) is 0 Å². The molecule has 0 saturated heterocycles. The summed E-state index contributed by atoms with van der Waals surface area (Å²) in [5.41, 5.74) is 1.23. The molecule has 1 heterocycles. The minimum atomic E-state index is 0.768. The zero-order valence-corrected chi connectivity index (χ0v) is 11.4. The molecule has 0 amide bonds. The number of hydrogen-bond donors (Lipinski definition) is 1. The van der Waals surface area contributed by atoms with E-state index in [9.17, 15) is 0 Å². The zero-order valence-electron chi connectivity index (χ0n) is 10.5. The smallest absolute Gasteiger partial charge is 0.0900 e. The van der Waals surface area contributed by atoms with E-state index in [0.717, 1.165) is 24.9 Å².